The zero-order chi connectivity index (χ0) is 14.5. The van der Waals surface area contributed by atoms with Crippen molar-refractivity contribution in [3.05, 3.63) is 56.3 Å². The van der Waals surface area contributed by atoms with Gasteiger partial charge in [-0.2, -0.15) is 11.3 Å². The van der Waals surface area contributed by atoms with Gasteiger partial charge in [0, 0.05) is 18.2 Å². The number of hydrogen-bond donors (Lipinski definition) is 2. The SMILES string of the molecule is O=Cc1ccc(NCC(O)c2ccsc2)c([N+](=O)[O-])c1. The number of aliphatic hydroxyl groups is 1. The van der Waals surface area contributed by atoms with Gasteiger partial charge in [-0.25, -0.2) is 0 Å². The quantitative estimate of drug-likeness (QED) is 0.485. The minimum atomic E-state index is -0.744. The second-order valence-corrected chi connectivity index (χ2v) is 4.88. The molecule has 1 heterocycles. The van der Waals surface area contributed by atoms with E-state index in [0.29, 0.717) is 6.29 Å². The molecule has 1 unspecified atom stereocenters. The van der Waals surface area contributed by atoms with Gasteiger partial charge in [-0.1, -0.05) is 0 Å². The number of carbonyl (C=O) groups is 1. The minimum Gasteiger partial charge on any atom is -0.387 e. The number of rotatable bonds is 6. The Morgan fingerprint density at radius 3 is 2.85 bits per heavy atom. The predicted octanol–water partition coefficient (Wildman–Crippen LogP) is 2.61. The maximum atomic E-state index is 11.0. The van der Waals surface area contributed by atoms with Gasteiger partial charge in [0.1, 0.15) is 12.0 Å². The van der Waals surface area contributed by atoms with Crippen LogP contribution < -0.4 is 5.32 Å². The average molecular weight is 292 g/mol. The van der Waals surface area contributed by atoms with E-state index in [0.717, 1.165) is 5.56 Å². The molecule has 0 radical (unpaired) electrons. The average Bonchev–Trinajstić information content (AvgIpc) is 2.98. The van der Waals surface area contributed by atoms with Crippen molar-refractivity contribution < 1.29 is 14.8 Å². The van der Waals surface area contributed by atoms with Crippen LogP contribution in [0.1, 0.15) is 22.0 Å². The first-order valence-corrected chi connectivity index (χ1v) is 6.73. The van der Waals surface area contributed by atoms with Gasteiger partial charge in [0.25, 0.3) is 5.69 Å². The molecule has 1 aromatic heterocycles. The lowest BCUT2D eigenvalue weighted by Crippen LogP contribution is -2.12. The summed E-state index contributed by atoms with van der Waals surface area (Å²) in [7, 11) is 0. The van der Waals surface area contributed by atoms with E-state index in [9.17, 15) is 20.0 Å². The van der Waals surface area contributed by atoms with E-state index in [-0.39, 0.29) is 23.5 Å². The highest BCUT2D eigenvalue weighted by molar-refractivity contribution is 7.07. The Labute approximate surface area is 118 Å². The number of nitrogens with one attached hydrogen (secondary N) is 1. The van der Waals surface area contributed by atoms with Gasteiger partial charge < -0.3 is 10.4 Å². The minimum absolute atomic E-state index is 0.151. The lowest BCUT2D eigenvalue weighted by molar-refractivity contribution is -0.384. The Kier molecular flexibility index (Phi) is 4.44. The van der Waals surface area contributed by atoms with Crippen LogP contribution in [0.3, 0.4) is 0 Å². The van der Waals surface area contributed by atoms with Crippen molar-refractivity contribution in [2.45, 2.75) is 6.10 Å². The zero-order valence-corrected chi connectivity index (χ0v) is 11.2. The summed E-state index contributed by atoms with van der Waals surface area (Å²) in [6.45, 7) is 0.151. The molecule has 0 saturated carbocycles. The van der Waals surface area contributed by atoms with Gasteiger partial charge in [-0.15, -0.1) is 0 Å². The molecule has 6 nitrogen and oxygen atoms in total. The van der Waals surface area contributed by atoms with Crippen LogP contribution in [0.5, 0.6) is 0 Å². The molecule has 2 N–H and O–H groups in total. The molecule has 2 rings (SSSR count). The summed E-state index contributed by atoms with van der Waals surface area (Å²) in [6, 6.07) is 5.94. The highest BCUT2D eigenvalue weighted by Crippen LogP contribution is 2.26. The topological polar surface area (TPSA) is 92.5 Å². The number of aliphatic hydroxyl groups excluding tert-OH is 1. The third-order valence-electron chi connectivity index (χ3n) is 2.77. The van der Waals surface area contributed by atoms with Gasteiger partial charge >= 0.3 is 0 Å². The Balaban J connectivity index is 2.13. The van der Waals surface area contributed by atoms with Crippen molar-refractivity contribution in [3.8, 4) is 0 Å². The predicted molar refractivity (Wildman–Crippen MR) is 76.3 cm³/mol. The number of hydrogen-bond acceptors (Lipinski definition) is 6. The maximum Gasteiger partial charge on any atom is 0.293 e. The zero-order valence-electron chi connectivity index (χ0n) is 10.4. The first-order chi connectivity index (χ1) is 9.61. The largest absolute Gasteiger partial charge is 0.387 e. The summed E-state index contributed by atoms with van der Waals surface area (Å²) in [5, 5.41) is 27.4. The third-order valence-corrected chi connectivity index (χ3v) is 3.47. The Morgan fingerprint density at radius 2 is 2.25 bits per heavy atom. The molecule has 0 spiro atoms. The molecule has 104 valence electrons. The first kappa shape index (κ1) is 14.2. The van der Waals surface area contributed by atoms with Gasteiger partial charge in [0.05, 0.1) is 11.0 Å². The summed E-state index contributed by atoms with van der Waals surface area (Å²) in [5.41, 5.74) is 1.08. The number of thiophene rings is 1. The lowest BCUT2D eigenvalue weighted by Gasteiger charge is -2.12. The molecular weight excluding hydrogens is 280 g/mol. The fourth-order valence-corrected chi connectivity index (χ4v) is 2.42. The number of carbonyl (C=O) groups excluding carboxylic acids is 1. The lowest BCUT2D eigenvalue weighted by atomic mass is 10.1. The molecule has 2 aromatic rings. The van der Waals surface area contributed by atoms with Crippen molar-refractivity contribution in [3.63, 3.8) is 0 Å². The van der Waals surface area contributed by atoms with E-state index in [1.54, 1.807) is 6.07 Å². The molecule has 1 atom stereocenters. The van der Waals surface area contributed by atoms with Crippen molar-refractivity contribution >= 4 is 29.0 Å². The van der Waals surface area contributed by atoms with Crippen LogP contribution in [0.15, 0.2) is 35.0 Å². The van der Waals surface area contributed by atoms with E-state index >= 15 is 0 Å². The maximum absolute atomic E-state index is 11.0. The van der Waals surface area contributed by atoms with E-state index < -0.39 is 11.0 Å². The smallest absolute Gasteiger partial charge is 0.293 e. The molecule has 0 aliphatic rings. The van der Waals surface area contributed by atoms with E-state index in [4.69, 9.17) is 0 Å². The van der Waals surface area contributed by atoms with Crippen LogP contribution in [0.25, 0.3) is 0 Å². The standard InChI is InChI=1S/C13H12N2O4S/c16-7-9-1-2-11(12(5-9)15(18)19)14-6-13(17)10-3-4-20-8-10/h1-5,7-8,13-14,17H,6H2. The van der Waals surface area contributed by atoms with E-state index in [2.05, 4.69) is 5.32 Å². The summed E-state index contributed by atoms with van der Waals surface area (Å²) in [6.07, 6.45) is -0.191. The van der Waals surface area contributed by atoms with Crippen molar-refractivity contribution in [2.75, 3.05) is 11.9 Å². The second kappa shape index (κ2) is 6.27. The van der Waals surface area contributed by atoms with E-state index in [1.165, 1.54) is 29.5 Å². The summed E-state index contributed by atoms with van der Waals surface area (Å²) >= 11 is 1.47. The fraction of sp³-hybridized carbons (Fsp3) is 0.154. The molecule has 7 heteroatoms. The molecule has 0 aliphatic carbocycles. The molecule has 0 bridgehead atoms. The van der Waals surface area contributed by atoms with E-state index in [1.807, 2.05) is 10.8 Å². The molecule has 20 heavy (non-hydrogen) atoms. The fourth-order valence-electron chi connectivity index (χ4n) is 1.71. The van der Waals surface area contributed by atoms with Crippen LogP contribution in [-0.2, 0) is 0 Å². The first-order valence-electron chi connectivity index (χ1n) is 5.79. The van der Waals surface area contributed by atoms with Crippen LogP contribution in [0, 0.1) is 10.1 Å². The van der Waals surface area contributed by atoms with Crippen LogP contribution in [-0.4, -0.2) is 22.9 Å². The highest BCUT2D eigenvalue weighted by atomic mass is 32.1. The summed E-state index contributed by atoms with van der Waals surface area (Å²) in [4.78, 5) is 21.0. The van der Waals surface area contributed by atoms with Crippen LogP contribution in [0.4, 0.5) is 11.4 Å². The van der Waals surface area contributed by atoms with Crippen LogP contribution >= 0.6 is 11.3 Å². The summed E-state index contributed by atoms with van der Waals surface area (Å²) in [5.74, 6) is 0. The number of nitro benzene ring substituents is 1. The van der Waals surface area contributed by atoms with Gasteiger partial charge in [0.2, 0.25) is 0 Å². The highest BCUT2D eigenvalue weighted by Gasteiger charge is 2.16. The third kappa shape index (κ3) is 3.19. The Hall–Kier alpha value is -2.25. The van der Waals surface area contributed by atoms with Gasteiger partial charge in [0.15, 0.2) is 0 Å². The Morgan fingerprint density at radius 1 is 1.45 bits per heavy atom. The van der Waals surface area contributed by atoms with Crippen molar-refractivity contribution in [2.24, 2.45) is 0 Å². The molecule has 1 aromatic carbocycles. The molecule has 0 fully saturated rings. The summed E-state index contributed by atoms with van der Waals surface area (Å²) < 4.78 is 0. The molecule has 0 saturated heterocycles. The second-order valence-electron chi connectivity index (χ2n) is 4.10. The number of nitro groups is 1. The van der Waals surface area contributed by atoms with Crippen molar-refractivity contribution in [1.82, 2.24) is 0 Å². The van der Waals surface area contributed by atoms with Gasteiger partial charge in [-0.05, 0) is 34.5 Å². The number of anilines is 1. The number of nitrogens with zero attached hydrogens (tertiary/aromatic N) is 1. The van der Waals surface area contributed by atoms with Crippen LogP contribution in [0.2, 0.25) is 0 Å². The molecule has 0 aliphatic heterocycles. The Bertz CT molecular complexity index is 613. The number of benzene rings is 1. The normalized spacial score (nSPS) is 11.8. The number of aldehydes is 1. The van der Waals surface area contributed by atoms with Crippen molar-refractivity contribution in [1.29, 1.82) is 0 Å². The molecular formula is C13H12N2O4S. The monoisotopic (exact) mass is 292 g/mol. The van der Waals surface area contributed by atoms with Gasteiger partial charge in [-0.3, -0.25) is 14.9 Å². The molecule has 0 amide bonds.